The summed E-state index contributed by atoms with van der Waals surface area (Å²) < 4.78 is 0. The van der Waals surface area contributed by atoms with Gasteiger partial charge in [-0.25, -0.2) is 0 Å². The molecule has 2 aromatic rings. The van der Waals surface area contributed by atoms with Crippen molar-refractivity contribution in [2.45, 2.75) is 32.1 Å². The predicted molar refractivity (Wildman–Crippen MR) is 93.7 cm³/mol. The lowest BCUT2D eigenvalue weighted by Crippen LogP contribution is -2.18. The second kappa shape index (κ2) is 7.77. The van der Waals surface area contributed by atoms with E-state index in [0.29, 0.717) is 6.42 Å². The Kier molecular flexibility index (Phi) is 5.25. The van der Waals surface area contributed by atoms with Crippen molar-refractivity contribution in [2.75, 3.05) is 23.3 Å². The Morgan fingerprint density at radius 1 is 1.17 bits per heavy atom. The molecule has 0 bridgehead atoms. The molecule has 1 aliphatic heterocycles. The Hall–Kier alpha value is -2.36. The summed E-state index contributed by atoms with van der Waals surface area (Å²) in [5, 5.41) is 3.01. The number of carbonyl (C=O) groups excluding carboxylic acids is 1. The van der Waals surface area contributed by atoms with Gasteiger partial charge in [-0.15, -0.1) is 0 Å². The number of nitrogens with one attached hydrogen (secondary N) is 1. The van der Waals surface area contributed by atoms with E-state index < -0.39 is 0 Å². The SMILES string of the molecule is O=C(CCCc1cccnc1)Nc1cccc(N2CCCC2)c1. The van der Waals surface area contributed by atoms with Crippen molar-refractivity contribution in [3.8, 4) is 0 Å². The maximum atomic E-state index is 12.1. The Morgan fingerprint density at radius 3 is 2.83 bits per heavy atom. The summed E-state index contributed by atoms with van der Waals surface area (Å²) in [5.41, 5.74) is 3.27. The molecule has 23 heavy (non-hydrogen) atoms. The molecule has 1 saturated heterocycles. The number of nitrogens with zero attached hydrogens (tertiary/aromatic N) is 2. The highest BCUT2D eigenvalue weighted by molar-refractivity contribution is 5.91. The summed E-state index contributed by atoms with van der Waals surface area (Å²) in [7, 11) is 0. The lowest BCUT2D eigenvalue weighted by molar-refractivity contribution is -0.116. The summed E-state index contributed by atoms with van der Waals surface area (Å²) in [4.78, 5) is 18.6. The second-order valence-corrected chi connectivity index (χ2v) is 6.01. The van der Waals surface area contributed by atoms with Crippen molar-refractivity contribution >= 4 is 17.3 Å². The molecule has 0 radical (unpaired) electrons. The Bertz CT molecular complexity index is 636. The van der Waals surface area contributed by atoms with Crippen molar-refractivity contribution in [1.82, 2.24) is 4.98 Å². The summed E-state index contributed by atoms with van der Waals surface area (Å²) in [6.07, 6.45) is 8.39. The number of rotatable bonds is 6. The van der Waals surface area contributed by atoms with Crippen LogP contribution in [-0.4, -0.2) is 24.0 Å². The zero-order chi connectivity index (χ0) is 15.9. The lowest BCUT2D eigenvalue weighted by atomic mass is 10.1. The Balaban J connectivity index is 1.48. The second-order valence-electron chi connectivity index (χ2n) is 6.01. The third-order valence-electron chi connectivity index (χ3n) is 4.19. The molecule has 1 aromatic heterocycles. The highest BCUT2D eigenvalue weighted by Gasteiger charge is 2.12. The van der Waals surface area contributed by atoms with Crippen molar-refractivity contribution in [1.29, 1.82) is 0 Å². The molecule has 0 spiro atoms. The summed E-state index contributed by atoms with van der Waals surface area (Å²) in [5.74, 6) is 0.0764. The molecule has 4 heteroatoms. The molecule has 1 aliphatic rings. The van der Waals surface area contributed by atoms with Gasteiger partial charge in [0.05, 0.1) is 0 Å². The van der Waals surface area contributed by atoms with Gasteiger partial charge in [0.2, 0.25) is 5.91 Å². The first-order chi connectivity index (χ1) is 11.3. The minimum absolute atomic E-state index is 0.0764. The summed E-state index contributed by atoms with van der Waals surface area (Å²) >= 11 is 0. The molecule has 1 amide bonds. The van der Waals surface area contributed by atoms with Crippen LogP contribution < -0.4 is 10.2 Å². The van der Waals surface area contributed by atoms with Crippen LogP contribution in [-0.2, 0) is 11.2 Å². The molecule has 0 saturated carbocycles. The summed E-state index contributed by atoms with van der Waals surface area (Å²) in [6, 6.07) is 12.1. The Morgan fingerprint density at radius 2 is 2.04 bits per heavy atom. The van der Waals surface area contributed by atoms with Gasteiger partial charge in [-0.05, 0) is 55.5 Å². The van der Waals surface area contributed by atoms with Crippen LogP contribution in [0.4, 0.5) is 11.4 Å². The van der Waals surface area contributed by atoms with Crippen LogP contribution >= 0.6 is 0 Å². The number of hydrogen-bond acceptors (Lipinski definition) is 3. The largest absolute Gasteiger partial charge is 0.371 e. The number of anilines is 2. The molecule has 2 heterocycles. The number of amides is 1. The van der Waals surface area contributed by atoms with Crippen LogP contribution in [0.15, 0.2) is 48.8 Å². The smallest absolute Gasteiger partial charge is 0.224 e. The maximum Gasteiger partial charge on any atom is 0.224 e. The molecular weight excluding hydrogens is 286 g/mol. The van der Waals surface area contributed by atoms with Crippen molar-refractivity contribution < 1.29 is 4.79 Å². The molecular formula is C19H23N3O. The van der Waals surface area contributed by atoms with Gasteiger partial charge in [0.15, 0.2) is 0 Å². The Labute approximate surface area is 137 Å². The zero-order valence-corrected chi connectivity index (χ0v) is 13.4. The topological polar surface area (TPSA) is 45.2 Å². The third kappa shape index (κ3) is 4.55. The number of aryl methyl sites for hydroxylation is 1. The zero-order valence-electron chi connectivity index (χ0n) is 13.4. The predicted octanol–water partition coefficient (Wildman–Crippen LogP) is 3.64. The molecule has 4 nitrogen and oxygen atoms in total. The van der Waals surface area contributed by atoms with Crippen LogP contribution in [0.1, 0.15) is 31.2 Å². The highest BCUT2D eigenvalue weighted by atomic mass is 16.1. The fraction of sp³-hybridized carbons (Fsp3) is 0.368. The minimum atomic E-state index is 0.0764. The monoisotopic (exact) mass is 309 g/mol. The van der Waals surface area contributed by atoms with Gasteiger partial charge in [0.1, 0.15) is 0 Å². The fourth-order valence-electron chi connectivity index (χ4n) is 2.98. The molecule has 1 fully saturated rings. The first kappa shape index (κ1) is 15.5. The van der Waals surface area contributed by atoms with E-state index in [2.05, 4.69) is 27.3 Å². The summed E-state index contributed by atoms with van der Waals surface area (Å²) in [6.45, 7) is 2.23. The van der Waals surface area contributed by atoms with E-state index in [-0.39, 0.29) is 5.91 Å². The van der Waals surface area contributed by atoms with Crippen molar-refractivity contribution in [2.24, 2.45) is 0 Å². The standard InChI is InChI=1S/C19H23N3O/c23-19(10-3-6-16-7-5-11-20-15-16)21-17-8-4-9-18(14-17)22-12-1-2-13-22/h4-5,7-9,11,14-15H,1-3,6,10,12-13H2,(H,21,23). The van der Waals surface area contributed by atoms with Crippen LogP contribution in [0, 0.1) is 0 Å². The van der Waals surface area contributed by atoms with Gasteiger partial charge in [-0.1, -0.05) is 12.1 Å². The first-order valence-corrected chi connectivity index (χ1v) is 8.35. The van der Waals surface area contributed by atoms with E-state index >= 15 is 0 Å². The normalized spacial score (nSPS) is 14.0. The molecule has 1 N–H and O–H groups in total. The average molecular weight is 309 g/mol. The van der Waals surface area contributed by atoms with E-state index in [1.165, 1.54) is 24.1 Å². The van der Waals surface area contributed by atoms with Crippen LogP contribution in [0.25, 0.3) is 0 Å². The highest BCUT2D eigenvalue weighted by Crippen LogP contribution is 2.23. The molecule has 0 unspecified atom stereocenters. The molecule has 0 atom stereocenters. The van der Waals surface area contributed by atoms with Gasteiger partial charge in [0, 0.05) is 43.3 Å². The number of hydrogen-bond donors (Lipinski definition) is 1. The third-order valence-corrected chi connectivity index (χ3v) is 4.19. The molecule has 1 aromatic carbocycles. The van der Waals surface area contributed by atoms with E-state index in [0.717, 1.165) is 31.6 Å². The van der Waals surface area contributed by atoms with Gasteiger partial charge in [-0.2, -0.15) is 0 Å². The van der Waals surface area contributed by atoms with E-state index in [9.17, 15) is 4.79 Å². The number of benzene rings is 1. The quantitative estimate of drug-likeness (QED) is 0.886. The van der Waals surface area contributed by atoms with Gasteiger partial charge in [-0.3, -0.25) is 9.78 Å². The molecule has 120 valence electrons. The van der Waals surface area contributed by atoms with Gasteiger partial charge < -0.3 is 10.2 Å². The van der Waals surface area contributed by atoms with Crippen LogP contribution in [0.5, 0.6) is 0 Å². The average Bonchev–Trinajstić information content (AvgIpc) is 3.11. The molecule has 0 aliphatic carbocycles. The first-order valence-electron chi connectivity index (χ1n) is 8.35. The maximum absolute atomic E-state index is 12.1. The van der Waals surface area contributed by atoms with Crippen LogP contribution in [0.3, 0.4) is 0 Å². The number of aromatic nitrogens is 1. The van der Waals surface area contributed by atoms with Crippen LogP contribution in [0.2, 0.25) is 0 Å². The lowest BCUT2D eigenvalue weighted by Gasteiger charge is -2.18. The van der Waals surface area contributed by atoms with E-state index in [4.69, 9.17) is 0 Å². The number of carbonyl (C=O) groups is 1. The van der Waals surface area contributed by atoms with Crippen molar-refractivity contribution in [3.63, 3.8) is 0 Å². The fourth-order valence-corrected chi connectivity index (χ4v) is 2.98. The van der Waals surface area contributed by atoms with Gasteiger partial charge >= 0.3 is 0 Å². The van der Waals surface area contributed by atoms with Crippen molar-refractivity contribution in [3.05, 3.63) is 54.4 Å². The van der Waals surface area contributed by atoms with Gasteiger partial charge in [0.25, 0.3) is 0 Å². The molecule has 3 rings (SSSR count). The van der Waals surface area contributed by atoms with E-state index in [1.807, 2.05) is 30.5 Å². The number of pyridine rings is 1. The van der Waals surface area contributed by atoms with E-state index in [1.54, 1.807) is 6.20 Å². The minimum Gasteiger partial charge on any atom is -0.371 e.